The quantitative estimate of drug-likeness (QED) is 0.492. The van der Waals surface area contributed by atoms with Gasteiger partial charge in [0.25, 0.3) is 11.7 Å². The van der Waals surface area contributed by atoms with E-state index in [1.54, 1.807) is 62.6 Å². The van der Waals surface area contributed by atoms with Crippen molar-refractivity contribution in [2.45, 2.75) is 26.4 Å². The van der Waals surface area contributed by atoms with Crippen LogP contribution in [-0.2, 0) is 20.9 Å². The molecule has 8 heteroatoms. The fourth-order valence-electron chi connectivity index (χ4n) is 4.11. The Kier molecular flexibility index (Phi) is 7.15. The molecule has 1 aliphatic rings. The van der Waals surface area contributed by atoms with Crippen molar-refractivity contribution in [1.82, 2.24) is 4.90 Å². The van der Waals surface area contributed by atoms with Crippen LogP contribution in [0, 0.1) is 6.92 Å². The molecule has 1 heterocycles. The van der Waals surface area contributed by atoms with Gasteiger partial charge >= 0.3 is 0 Å². The molecule has 8 nitrogen and oxygen atoms in total. The predicted molar refractivity (Wildman–Crippen MR) is 136 cm³/mol. The molecule has 1 atom stereocenters. The van der Waals surface area contributed by atoms with Gasteiger partial charge in [-0.05, 0) is 61.4 Å². The Hall–Kier alpha value is -4.46. The average Bonchev–Trinajstić information content (AvgIpc) is 3.13. The van der Waals surface area contributed by atoms with E-state index < -0.39 is 23.6 Å². The zero-order valence-corrected chi connectivity index (χ0v) is 20.4. The maximum atomic E-state index is 13.6. The summed E-state index contributed by atoms with van der Waals surface area (Å²) in [4.78, 5) is 54.4. The Bertz CT molecular complexity index is 1320. The number of para-hydroxylation sites is 1. The van der Waals surface area contributed by atoms with Crippen LogP contribution < -0.4 is 15.0 Å². The smallest absolute Gasteiger partial charge is 0.299 e. The van der Waals surface area contributed by atoms with E-state index >= 15 is 0 Å². The lowest BCUT2D eigenvalue weighted by Gasteiger charge is -2.31. The highest BCUT2D eigenvalue weighted by Crippen LogP contribution is 2.28. The fourth-order valence-corrected chi connectivity index (χ4v) is 4.11. The molecule has 1 aliphatic heterocycles. The average molecular weight is 486 g/mol. The van der Waals surface area contributed by atoms with Gasteiger partial charge in [0, 0.05) is 12.2 Å². The Balaban J connectivity index is 1.58. The second-order valence-electron chi connectivity index (χ2n) is 8.58. The molecule has 0 aromatic heterocycles. The first-order valence-electron chi connectivity index (χ1n) is 11.5. The lowest BCUT2D eigenvalue weighted by molar-refractivity contribution is -0.138. The van der Waals surface area contributed by atoms with E-state index in [-0.39, 0.29) is 24.6 Å². The van der Waals surface area contributed by atoms with E-state index in [1.165, 1.54) is 9.80 Å². The van der Waals surface area contributed by atoms with Crippen molar-refractivity contribution in [3.63, 3.8) is 0 Å². The van der Waals surface area contributed by atoms with Crippen LogP contribution in [0.4, 0.5) is 11.4 Å². The van der Waals surface area contributed by atoms with Gasteiger partial charge < -0.3 is 15.0 Å². The Morgan fingerprint density at radius 3 is 2.33 bits per heavy atom. The number of carbonyl (C=O) groups excluding carboxylic acids is 4. The minimum atomic E-state index is -0.858. The molecule has 0 aliphatic carbocycles. The third kappa shape index (κ3) is 4.98. The summed E-state index contributed by atoms with van der Waals surface area (Å²) in [5, 5.41) is 2.83. The summed E-state index contributed by atoms with van der Waals surface area (Å²) in [6.07, 6.45) is 0. The SMILES string of the molecule is COc1ccc(NC(=O)C(C)N(Cc2ccccc2C)C(=O)CN2C(=O)C(=O)c3ccccc32)cc1. The molecule has 0 spiro atoms. The van der Waals surface area contributed by atoms with E-state index in [0.29, 0.717) is 17.1 Å². The number of fused-ring (bicyclic) bond motifs is 1. The van der Waals surface area contributed by atoms with Crippen molar-refractivity contribution < 1.29 is 23.9 Å². The Labute approximate surface area is 209 Å². The van der Waals surface area contributed by atoms with Gasteiger partial charge in [-0.2, -0.15) is 0 Å². The molecule has 3 aromatic carbocycles. The molecule has 0 saturated carbocycles. The number of anilines is 2. The first-order valence-corrected chi connectivity index (χ1v) is 11.5. The number of Topliss-reactive ketones (excluding diaryl/α,β-unsaturated/α-hetero) is 1. The molecule has 1 N–H and O–H groups in total. The minimum absolute atomic E-state index is 0.167. The van der Waals surface area contributed by atoms with E-state index in [2.05, 4.69) is 5.32 Å². The predicted octanol–water partition coefficient (Wildman–Crippen LogP) is 3.59. The number of aryl methyl sites for hydroxylation is 1. The summed E-state index contributed by atoms with van der Waals surface area (Å²) in [7, 11) is 1.56. The number of ether oxygens (including phenoxy) is 1. The van der Waals surface area contributed by atoms with Crippen LogP contribution in [0.5, 0.6) is 5.75 Å². The van der Waals surface area contributed by atoms with Gasteiger partial charge in [-0.25, -0.2) is 0 Å². The van der Waals surface area contributed by atoms with E-state index in [9.17, 15) is 19.2 Å². The molecule has 1 unspecified atom stereocenters. The molecular weight excluding hydrogens is 458 g/mol. The first kappa shape index (κ1) is 24.7. The van der Waals surface area contributed by atoms with Crippen LogP contribution in [0.15, 0.2) is 72.8 Å². The Morgan fingerprint density at radius 2 is 1.64 bits per heavy atom. The number of carbonyl (C=O) groups is 4. The van der Waals surface area contributed by atoms with E-state index in [1.807, 2.05) is 31.2 Å². The molecule has 3 amide bonds. The zero-order valence-electron chi connectivity index (χ0n) is 20.4. The maximum absolute atomic E-state index is 13.6. The number of hydrogen-bond donors (Lipinski definition) is 1. The molecule has 0 radical (unpaired) electrons. The second kappa shape index (κ2) is 10.4. The number of ketones is 1. The van der Waals surface area contributed by atoms with Crippen LogP contribution in [0.1, 0.15) is 28.4 Å². The lowest BCUT2D eigenvalue weighted by Crippen LogP contribution is -2.49. The molecule has 0 fully saturated rings. The molecule has 184 valence electrons. The highest BCUT2D eigenvalue weighted by molar-refractivity contribution is 6.52. The fraction of sp³-hybridized carbons (Fsp3) is 0.214. The van der Waals surface area contributed by atoms with Gasteiger partial charge in [0.15, 0.2) is 0 Å². The molecule has 0 saturated heterocycles. The van der Waals surface area contributed by atoms with Crippen LogP contribution in [0.3, 0.4) is 0 Å². The number of methoxy groups -OCH3 is 1. The third-order valence-corrected chi connectivity index (χ3v) is 6.30. The highest BCUT2D eigenvalue weighted by Gasteiger charge is 2.38. The van der Waals surface area contributed by atoms with Crippen LogP contribution in [-0.4, -0.2) is 48.1 Å². The molecule has 4 rings (SSSR count). The van der Waals surface area contributed by atoms with Crippen molar-refractivity contribution in [3.05, 3.63) is 89.5 Å². The van der Waals surface area contributed by atoms with Crippen molar-refractivity contribution >= 4 is 34.9 Å². The molecule has 0 bridgehead atoms. The maximum Gasteiger partial charge on any atom is 0.299 e. The van der Waals surface area contributed by atoms with Crippen molar-refractivity contribution in [2.24, 2.45) is 0 Å². The topological polar surface area (TPSA) is 96.0 Å². The summed E-state index contributed by atoms with van der Waals surface area (Å²) >= 11 is 0. The largest absolute Gasteiger partial charge is 0.497 e. The Morgan fingerprint density at radius 1 is 0.972 bits per heavy atom. The number of hydrogen-bond acceptors (Lipinski definition) is 5. The lowest BCUT2D eigenvalue weighted by atomic mass is 10.1. The first-order chi connectivity index (χ1) is 17.3. The summed E-state index contributed by atoms with van der Waals surface area (Å²) in [5.41, 5.74) is 3.07. The van der Waals surface area contributed by atoms with Gasteiger partial charge in [-0.1, -0.05) is 36.4 Å². The standard InChI is InChI=1S/C28H27N3O5/c1-18-8-4-5-9-20(18)16-30(19(2)27(34)29-21-12-14-22(36-3)15-13-21)25(32)17-31-24-11-7-6-10-23(24)26(33)28(31)35/h4-15,19H,16-17H2,1-3H3,(H,29,34). The number of nitrogens with one attached hydrogen (secondary N) is 1. The minimum Gasteiger partial charge on any atom is -0.497 e. The van der Waals surface area contributed by atoms with Crippen LogP contribution >= 0.6 is 0 Å². The zero-order chi connectivity index (χ0) is 25.8. The summed E-state index contributed by atoms with van der Waals surface area (Å²) < 4.78 is 5.15. The highest BCUT2D eigenvalue weighted by atomic mass is 16.5. The van der Waals surface area contributed by atoms with E-state index in [4.69, 9.17) is 4.74 Å². The molecule has 36 heavy (non-hydrogen) atoms. The van der Waals surface area contributed by atoms with Crippen molar-refractivity contribution in [1.29, 1.82) is 0 Å². The number of amides is 3. The van der Waals surface area contributed by atoms with Gasteiger partial charge in [0.05, 0.1) is 18.4 Å². The monoisotopic (exact) mass is 485 g/mol. The number of benzene rings is 3. The number of rotatable bonds is 8. The molecular formula is C28H27N3O5. The van der Waals surface area contributed by atoms with Gasteiger partial charge in [0.2, 0.25) is 11.8 Å². The summed E-state index contributed by atoms with van der Waals surface area (Å²) in [6.45, 7) is 3.38. The van der Waals surface area contributed by atoms with Crippen molar-refractivity contribution in [3.8, 4) is 5.75 Å². The van der Waals surface area contributed by atoms with Gasteiger partial charge in [-0.3, -0.25) is 24.1 Å². The third-order valence-electron chi connectivity index (χ3n) is 6.30. The van der Waals surface area contributed by atoms with Crippen LogP contribution in [0.2, 0.25) is 0 Å². The van der Waals surface area contributed by atoms with Gasteiger partial charge in [0.1, 0.15) is 18.3 Å². The number of nitrogens with zero attached hydrogens (tertiary/aromatic N) is 2. The van der Waals surface area contributed by atoms with Gasteiger partial charge in [-0.15, -0.1) is 0 Å². The van der Waals surface area contributed by atoms with Crippen molar-refractivity contribution in [2.75, 3.05) is 23.9 Å². The second-order valence-corrected chi connectivity index (χ2v) is 8.58. The van der Waals surface area contributed by atoms with Crippen LogP contribution in [0.25, 0.3) is 0 Å². The summed E-state index contributed by atoms with van der Waals surface area (Å²) in [5.74, 6) is -1.58. The summed E-state index contributed by atoms with van der Waals surface area (Å²) in [6, 6.07) is 20.2. The normalized spacial score (nSPS) is 13.2. The molecule has 3 aromatic rings. The van der Waals surface area contributed by atoms with E-state index in [0.717, 1.165) is 11.1 Å².